The second kappa shape index (κ2) is 11.2. The van der Waals surface area contributed by atoms with Crippen molar-refractivity contribution >= 4 is 44.2 Å². The number of nitrogens with one attached hydrogen (secondary N) is 1. The Kier molecular flexibility index (Phi) is 9.17. The Morgan fingerprint density at radius 1 is 1.06 bits per heavy atom. The van der Waals surface area contributed by atoms with Gasteiger partial charge in [-0.15, -0.1) is 0 Å². The lowest BCUT2D eigenvalue weighted by Crippen LogP contribution is -2.32. The minimum atomic E-state index is -3.41. The SMILES string of the molecule is CC(C)(C)c1ccc(OCCNC(=O)CCCN(c2ccc(I)cc2)S(C)(=O)=O)cc1. The second-order valence-electron chi connectivity index (χ2n) is 8.39. The van der Waals surface area contributed by atoms with Crippen molar-refractivity contribution in [3.63, 3.8) is 0 Å². The molecule has 0 saturated carbocycles. The number of ether oxygens (including phenoxy) is 1. The average molecular weight is 558 g/mol. The highest BCUT2D eigenvalue weighted by atomic mass is 127. The molecule has 0 saturated heterocycles. The Balaban J connectivity index is 1.73. The zero-order valence-corrected chi connectivity index (χ0v) is 21.5. The van der Waals surface area contributed by atoms with Crippen LogP contribution in [0.1, 0.15) is 39.2 Å². The summed E-state index contributed by atoms with van der Waals surface area (Å²) in [7, 11) is -3.41. The number of rotatable bonds is 10. The Labute approximate surface area is 199 Å². The maximum atomic E-state index is 12.1. The molecule has 31 heavy (non-hydrogen) atoms. The van der Waals surface area contributed by atoms with E-state index in [1.807, 2.05) is 24.3 Å². The fraction of sp³-hybridized carbons (Fsp3) is 0.435. The summed E-state index contributed by atoms with van der Waals surface area (Å²) in [5, 5.41) is 2.82. The van der Waals surface area contributed by atoms with Crippen LogP contribution in [0.4, 0.5) is 5.69 Å². The first kappa shape index (κ1) is 25.5. The van der Waals surface area contributed by atoms with E-state index in [9.17, 15) is 13.2 Å². The summed E-state index contributed by atoms with van der Waals surface area (Å²) in [6.45, 7) is 7.50. The quantitative estimate of drug-likeness (QED) is 0.348. The molecule has 0 aliphatic rings. The third-order valence-electron chi connectivity index (χ3n) is 4.69. The van der Waals surface area contributed by atoms with Crippen molar-refractivity contribution in [1.29, 1.82) is 0 Å². The number of sulfonamides is 1. The van der Waals surface area contributed by atoms with Gasteiger partial charge in [0.2, 0.25) is 15.9 Å². The Hall–Kier alpha value is -1.81. The third-order valence-corrected chi connectivity index (χ3v) is 6.61. The van der Waals surface area contributed by atoms with Gasteiger partial charge in [0.25, 0.3) is 0 Å². The molecule has 0 atom stereocenters. The second-order valence-corrected chi connectivity index (χ2v) is 11.5. The largest absolute Gasteiger partial charge is 0.492 e. The normalized spacial score (nSPS) is 11.8. The minimum Gasteiger partial charge on any atom is -0.492 e. The van der Waals surface area contributed by atoms with Crippen LogP contribution in [0, 0.1) is 3.57 Å². The highest BCUT2D eigenvalue weighted by Crippen LogP contribution is 2.24. The van der Waals surface area contributed by atoms with E-state index < -0.39 is 10.0 Å². The molecule has 2 rings (SSSR count). The van der Waals surface area contributed by atoms with Crippen molar-refractivity contribution in [1.82, 2.24) is 5.32 Å². The molecule has 1 amide bonds. The van der Waals surface area contributed by atoms with Crippen LogP contribution in [0.15, 0.2) is 48.5 Å². The van der Waals surface area contributed by atoms with Gasteiger partial charge in [0, 0.05) is 16.5 Å². The van der Waals surface area contributed by atoms with Crippen molar-refractivity contribution in [3.8, 4) is 5.75 Å². The molecule has 2 aromatic rings. The van der Waals surface area contributed by atoms with E-state index in [4.69, 9.17) is 4.74 Å². The van der Waals surface area contributed by atoms with Crippen LogP contribution in [0.25, 0.3) is 0 Å². The molecule has 6 nitrogen and oxygen atoms in total. The predicted molar refractivity (Wildman–Crippen MR) is 134 cm³/mol. The maximum absolute atomic E-state index is 12.1. The van der Waals surface area contributed by atoms with Gasteiger partial charge in [-0.3, -0.25) is 9.10 Å². The highest BCUT2D eigenvalue weighted by molar-refractivity contribution is 14.1. The van der Waals surface area contributed by atoms with E-state index in [0.29, 0.717) is 25.3 Å². The molecular weight excluding hydrogens is 527 g/mol. The van der Waals surface area contributed by atoms with Gasteiger partial charge < -0.3 is 10.1 Å². The molecule has 1 N–H and O–H groups in total. The monoisotopic (exact) mass is 558 g/mol. The number of anilines is 1. The van der Waals surface area contributed by atoms with Gasteiger partial charge in [-0.2, -0.15) is 0 Å². The summed E-state index contributed by atoms with van der Waals surface area (Å²) in [6, 6.07) is 15.2. The molecule has 0 bridgehead atoms. The van der Waals surface area contributed by atoms with E-state index in [0.717, 1.165) is 9.32 Å². The fourth-order valence-corrected chi connectivity index (χ4v) is 4.30. The lowest BCUT2D eigenvalue weighted by molar-refractivity contribution is -0.121. The number of carbonyl (C=O) groups excluding carboxylic acids is 1. The molecule has 0 aliphatic carbocycles. The van der Waals surface area contributed by atoms with E-state index in [1.165, 1.54) is 16.1 Å². The molecular formula is C23H31IN2O4S. The van der Waals surface area contributed by atoms with E-state index in [-0.39, 0.29) is 24.3 Å². The summed E-state index contributed by atoms with van der Waals surface area (Å²) >= 11 is 2.17. The van der Waals surface area contributed by atoms with Crippen molar-refractivity contribution in [2.24, 2.45) is 0 Å². The van der Waals surface area contributed by atoms with Crippen molar-refractivity contribution in [2.45, 2.75) is 39.0 Å². The predicted octanol–water partition coefficient (Wildman–Crippen LogP) is 4.33. The maximum Gasteiger partial charge on any atom is 0.232 e. The standard InChI is InChI=1S/C23H31IN2O4S/c1-23(2,3)18-7-13-21(14-8-18)30-17-15-25-22(27)6-5-16-26(31(4,28)29)20-11-9-19(24)10-12-20/h7-14H,5-6,15-17H2,1-4H3,(H,25,27). The van der Waals surface area contributed by atoms with Crippen LogP contribution in [0.2, 0.25) is 0 Å². The lowest BCUT2D eigenvalue weighted by atomic mass is 9.87. The summed E-state index contributed by atoms with van der Waals surface area (Å²) in [5.41, 5.74) is 1.94. The first-order chi connectivity index (χ1) is 14.5. The first-order valence-electron chi connectivity index (χ1n) is 10.2. The first-order valence-corrected chi connectivity index (χ1v) is 13.1. The number of hydrogen-bond donors (Lipinski definition) is 1. The van der Waals surface area contributed by atoms with Gasteiger partial charge in [0.15, 0.2) is 0 Å². The fourth-order valence-electron chi connectivity index (χ4n) is 2.98. The Bertz CT molecular complexity index is 953. The minimum absolute atomic E-state index is 0.0955. The molecule has 8 heteroatoms. The number of amides is 1. The molecule has 0 aromatic heterocycles. The highest BCUT2D eigenvalue weighted by Gasteiger charge is 2.17. The lowest BCUT2D eigenvalue weighted by Gasteiger charge is -2.22. The molecule has 0 aliphatic heterocycles. The van der Waals surface area contributed by atoms with Crippen LogP contribution < -0.4 is 14.4 Å². The molecule has 0 spiro atoms. The van der Waals surface area contributed by atoms with E-state index in [2.05, 4.69) is 60.8 Å². The van der Waals surface area contributed by atoms with Gasteiger partial charge >= 0.3 is 0 Å². The number of halogens is 1. The molecule has 170 valence electrons. The van der Waals surface area contributed by atoms with Crippen LogP contribution >= 0.6 is 22.6 Å². The Morgan fingerprint density at radius 2 is 1.68 bits per heavy atom. The number of carbonyl (C=O) groups is 1. The van der Waals surface area contributed by atoms with Gasteiger partial charge in [-0.1, -0.05) is 32.9 Å². The van der Waals surface area contributed by atoms with E-state index >= 15 is 0 Å². The summed E-state index contributed by atoms with van der Waals surface area (Å²) in [6.07, 6.45) is 1.85. The summed E-state index contributed by atoms with van der Waals surface area (Å²) in [4.78, 5) is 12.1. The topological polar surface area (TPSA) is 75.7 Å². The summed E-state index contributed by atoms with van der Waals surface area (Å²) < 4.78 is 32.3. The van der Waals surface area contributed by atoms with Crippen LogP contribution in [-0.2, 0) is 20.2 Å². The number of hydrogen-bond acceptors (Lipinski definition) is 4. The summed E-state index contributed by atoms with van der Waals surface area (Å²) in [5.74, 6) is 0.645. The van der Waals surface area contributed by atoms with Crippen LogP contribution in [0.3, 0.4) is 0 Å². The smallest absolute Gasteiger partial charge is 0.232 e. The van der Waals surface area contributed by atoms with Crippen LogP contribution in [-0.4, -0.2) is 40.3 Å². The molecule has 0 fully saturated rings. The zero-order valence-electron chi connectivity index (χ0n) is 18.5. The molecule has 0 heterocycles. The van der Waals surface area contributed by atoms with E-state index in [1.54, 1.807) is 12.1 Å². The Morgan fingerprint density at radius 3 is 2.23 bits per heavy atom. The van der Waals surface area contributed by atoms with Crippen molar-refractivity contribution < 1.29 is 17.9 Å². The zero-order chi connectivity index (χ0) is 23.1. The molecule has 0 unspecified atom stereocenters. The average Bonchev–Trinajstić information content (AvgIpc) is 2.68. The van der Waals surface area contributed by atoms with Crippen LogP contribution in [0.5, 0.6) is 5.75 Å². The molecule has 0 radical (unpaired) electrons. The van der Waals surface area contributed by atoms with Gasteiger partial charge in [-0.25, -0.2) is 8.42 Å². The third kappa shape index (κ3) is 8.68. The van der Waals surface area contributed by atoms with Crippen molar-refractivity contribution in [3.05, 3.63) is 57.7 Å². The molecule has 2 aromatic carbocycles. The van der Waals surface area contributed by atoms with Gasteiger partial charge in [0.1, 0.15) is 12.4 Å². The number of nitrogens with zero attached hydrogens (tertiary/aromatic N) is 1. The van der Waals surface area contributed by atoms with Gasteiger partial charge in [0.05, 0.1) is 18.5 Å². The van der Waals surface area contributed by atoms with Gasteiger partial charge in [-0.05, 0) is 76.4 Å². The van der Waals surface area contributed by atoms with Crippen molar-refractivity contribution in [2.75, 3.05) is 30.3 Å². The number of benzene rings is 2.